The Labute approximate surface area is 91.5 Å². The lowest BCUT2D eigenvalue weighted by Gasteiger charge is -2.14. The van der Waals surface area contributed by atoms with Crippen LogP contribution in [0.2, 0.25) is 0 Å². The molecule has 80 valence electrons. The number of nitrogens with zero attached hydrogens (tertiary/aromatic N) is 2. The molecule has 0 aromatic carbocycles. The number of rotatable bonds is 2. The van der Waals surface area contributed by atoms with Crippen LogP contribution in [0.15, 0.2) is 12.1 Å². The second-order valence-electron chi connectivity index (χ2n) is 3.76. The number of aromatic nitrogens is 1. The molecule has 3 heterocycles. The van der Waals surface area contributed by atoms with Gasteiger partial charge >= 0.3 is 0 Å². The average molecular weight is 223 g/mol. The van der Waals surface area contributed by atoms with E-state index in [0.717, 1.165) is 18.1 Å². The van der Waals surface area contributed by atoms with E-state index in [0.29, 0.717) is 6.54 Å². The summed E-state index contributed by atoms with van der Waals surface area (Å²) in [5.41, 5.74) is 7.00. The van der Waals surface area contributed by atoms with Crippen molar-refractivity contribution < 1.29 is 5.11 Å². The number of fused-ring (bicyclic) bond motifs is 3. The fourth-order valence-corrected chi connectivity index (χ4v) is 3.09. The largest absolute Gasteiger partial charge is 0.395 e. The zero-order valence-corrected chi connectivity index (χ0v) is 9.13. The van der Waals surface area contributed by atoms with Crippen molar-refractivity contribution >= 4 is 32.4 Å². The summed E-state index contributed by atoms with van der Waals surface area (Å²) >= 11 is 1.62. The van der Waals surface area contributed by atoms with Gasteiger partial charge in [0.15, 0.2) is 0 Å². The van der Waals surface area contributed by atoms with Crippen LogP contribution in [0.25, 0.3) is 10.2 Å². The third-order valence-electron chi connectivity index (χ3n) is 2.87. The van der Waals surface area contributed by atoms with E-state index in [1.54, 1.807) is 11.3 Å². The quantitative estimate of drug-likeness (QED) is 0.801. The Morgan fingerprint density at radius 3 is 3.07 bits per heavy atom. The molecule has 1 aliphatic heterocycles. The van der Waals surface area contributed by atoms with Gasteiger partial charge in [-0.2, -0.15) is 0 Å². The topological polar surface area (TPSA) is 54.4 Å². The molecule has 2 aromatic rings. The van der Waals surface area contributed by atoms with E-state index in [4.69, 9.17) is 10.8 Å². The number of nitrogens with two attached hydrogens (primary N) is 1. The van der Waals surface area contributed by atoms with Gasteiger partial charge in [-0.15, -0.1) is 11.3 Å². The lowest BCUT2D eigenvalue weighted by Crippen LogP contribution is -2.23. The van der Waals surface area contributed by atoms with Gasteiger partial charge in [0.1, 0.15) is 5.82 Å². The van der Waals surface area contributed by atoms with Crippen molar-refractivity contribution in [3.8, 4) is 0 Å². The summed E-state index contributed by atoms with van der Waals surface area (Å²) in [5.74, 6) is 1.21. The summed E-state index contributed by atoms with van der Waals surface area (Å²) in [7, 11) is 0. The van der Waals surface area contributed by atoms with Gasteiger partial charge in [0.2, 0.25) is 0 Å². The lowest BCUT2D eigenvalue weighted by molar-refractivity contribution is 0.303. The number of β-amino-alcohol motifs (C(OH)–C–C–N with tert-alkyl or cyclic N) is 1. The minimum absolute atomic E-state index is 0.209. The molecule has 0 aliphatic carbocycles. The number of aliphatic hydroxyl groups is 1. The van der Waals surface area contributed by atoms with E-state index in [-0.39, 0.29) is 6.61 Å². The second-order valence-corrected chi connectivity index (χ2v) is 4.88. The lowest BCUT2D eigenvalue weighted by atomic mass is 10.4. The van der Waals surface area contributed by atoms with E-state index in [2.05, 4.69) is 15.5 Å². The molecular formula is C10H13N3OS. The summed E-state index contributed by atoms with van der Waals surface area (Å²) in [6.07, 6.45) is 0. The van der Waals surface area contributed by atoms with E-state index in [9.17, 15) is 0 Å². The molecule has 3 N–H and O–H groups in total. The van der Waals surface area contributed by atoms with Crippen molar-refractivity contribution in [3.05, 3.63) is 12.1 Å². The maximum Gasteiger partial charge on any atom is 0.110 e. The van der Waals surface area contributed by atoms with Crippen molar-refractivity contribution in [1.29, 1.82) is 0 Å². The fraction of sp³-hybridized carbons (Fsp3) is 0.400. The van der Waals surface area contributed by atoms with E-state index < -0.39 is 0 Å². The first-order valence-corrected chi connectivity index (χ1v) is 5.85. The Hall–Kier alpha value is -1.20. The third kappa shape index (κ3) is 1.23. The molecule has 0 saturated carbocycles. The normalized spacial score (nSPS) is 15.1. The summed E-state index contributed by atoms with van der Waals surface area (Å²) in [5, 5.41) is 9.82. The van der Waals surface area contributed by atoms with Gasteiger partial charge in [0.25, 0.3) is 0 Å². The zero-order valence-electron chi connectivity index (χ0n) is 8.31. The fourth-order valence-electron chi connectivity index (χ4n) is 2.23. The maximum atomic E-state index is 8.95. The summed E-state index contributed by atoms with van der Waals surface area (Å²) in [6.45, 7) is 2.91. The Bertz CT molecular complexity index is 502. The first-order chi connectivity index (χ1) is 7.29. The highest BCUT2D eigenvalue weighted by Gasteiger charge is 2.21. The minimum atomic E-state index is 0.209. The number of nitrogen functional groups attached to an aromatic ring is 1. The van der Waals surface area contributed by atoms with Gasteiger partial charge in [-0.1, -0.05) is 0 Å². The Morgan fingerprint density at radius 2 is 2.27 bits per heavy atom. The first kappa shape index (κ1) is 9.06. The van der Waals surface area contributed by atoms with Crippen molar-refractivity contribution in [1.82, 2.24) is 4.57 Å². The van der Waals surface area contributed by atoms with Crippen LogP contribution in [0.3, 0.4) is 0 Å². The van der Waals surface area contributed by atoms with Gasteiger partial charge in [-0.05, 0) is 12.1 Å². The van der Waals surface area contributed by atoms with Gasteiger partial charge < -0.3 is 20.3 Å². The highest BCUT2D eigenvalue weighted by atomic mass is 32.1. The SMILES string of the molecule is Nc1cc2c(cc3n2CCN3CCO)s1. The molecule has 0 amide bonds. The Morgan fingerprint density at radius 1 is 1.40 bits per heavy atom. The van der Waals surface area contributed by atoms with Gasteiger partial charge in [0.05, 0.1) is 21.8 Å². The molecule has 0 bridgehead atoms. The molecule has 0 fully saturated rings. The van der Waals surface area contributed by atoms with Crippen molar-refractivity contribution in [2.24, 2.45) is 0 Å². The molecule has 3 rings (SSSR count). The maximum absolute atomic E-state index is 8.95. The third-order valence-corrected chi connectivity index (χ3v) is 3.77. The van der Waals surface area contributed by atoms with E-state index in [1.807, 2.05) is 6.07 Å². The highest BCUT2D eigenvalue weighted by Crippen LogP contribution is 2.36. The standard InChI is InChI=1S/C10H13N3OS/c11-9-5-7-8(15-9)6-10-12(3-4-14)1-2-13(7)10/h5-6,14H,1-4,11H2. The molecule has 0 unspecified atom stereocenters. The number of hydrogen-bond donors (Lipinski definition) is 2. The minimum Gasteiger partial charge on any atom is -0.395 e. The molecule has 2 aromatic heterocycles. The number of thiophene rings is 1. The van der Waals surface area contributed by atoms with E-state index in [1.165, 1.54) is 16.0 Å². The summed E-state index contributed by atoms with van der Waals surface area (Å²) in [6, 6.07) is 4.20. The molecule has 0 radical (unpaired) electrons. The van der Waals surface area contributed by atoms with Crippen LogP contribution >= 0.6 is 11.3 Å². The predicted octanol–water partition coefficient (Wildman–Crippen LogP) is 1.10. The predicted molar refractivity (Wildman–Crippen MR) is 63.5 cm³/mol. The van der Waals surface area contributed by atoms with Crippen LogP contribution in [0.1, 0.15) is 0 Å². The molecule has 5 heteroatoms. The average Bonchev–Trinajstić information content (AvgIpc) is 2.79. The molecular weight excluding hydrogens is 210 g/mol. The van der Waals surface area contributed by atoms with Crippen LogP contribution in [0, 0.1) is 0 Å². The summed E-state index contributed by atoms with van der Waals surface area (Å²) < 4.78 is 3.52. The Balaban J connectivity index is 2.10. The van der Waals surface area contributed by atoms with Gasteiger partial charge in [-0.25, -0.2) is 0 Å². The van der Waals surface area contributed by atoms with E-state index >= 15 is 0 Å². The number of hydrogen-bond acceptors (Lipinski definition) is 4. The second kappa shape index (κ2) is 3.15. The molecule has 0 saturated heterocycles. The van der Waals surface area contributed by atoms with Crippen LogP contribution < -0.4 is 10.6 Å². The zero-order chi connectivity index (χ0) is 10.4. The molecule has 4 nitrogen and oxygen atoms in total. The van der Waals surface area contributed by atoms with Crippen LogP contribution in [-0.2, 0) is 6.54 Å². The summed E-state index contributed by atoms with van der Waals surface area (Å²) in [4.78, 5) is 2.21. The van der Waals surface area contributed by atoms with Gasteiger partial charge in [0, 0.05) is 19.6 Å². The first-order valence-electron chi connectivity index (χ1n) is 5.04. The van der Waals surface area contributed by atoms with Crippen molar-refractivity contribution in [2.75, 3.05) is 30.3 Å². The Kier molecular flexibility index (Phi) is 1.90. The molecule has 0 atom stereocenters. The van der Waals surface area contributed by atoms with Gasteiger partial charge in [-0.3, -0.25) is 0 Å². The molecule has 15 heavy (non-hydrogen) atoms. The smallest absolute Gasteiger partial charge is 0.110 e. The van der Waals surface area contributed by atoms with Crippen LogP contribution in [0.4, 0.5) is 10.8 Å². The van der Waals surface area contributed by atoms with Crippen LogP contribution in [-0.4, -0.2) is 29.4 Å². The van der Waals surface area contributed by atoms with Crippen molar-refractivity contribution in [3.63, 3.8) is 0 Å². The number of anilines is 2. The number of aliphatic hydroxyl groups excluding tert-OH is 1. The highest BCUT2D eigenvalue weighted by molar-refractivity contribution is 7.22. The monoisotopic (exact) mass is 223 g/mol. The van der Waals surface area contributed by atoms with Crippen LogP contribution in [0.5, 0.6) is 0 Å². The molecule has 1 aliphatic rings. The molecule has 0 spiro atoms. The van der Waals surface area contributed by atoms with Crippen molar-refractivity contribution in [2.45, 2.75) is 6.54 Å².